The van der Waals surface area contributed by atoms with Crippen molar-refractivity contribution in [3.63, 3.8) is 0 Å². The number of fused-ring (bicyclic) bond motifs is 1. The van der Waals surface area contributed by atoms with E-state index in [1.807, 2.05) is 47.0 Å². The number of ether oxygens (including phenoxy) is 2. The number of hydrogen-bond donors (Lipinski definition) is 1. The Bertz CT molecular complexity index is 1410. The molecule has 5 rings (SSSR count). The van der Waals surface area contributed by atoms with Crippen LogP contribution in [-0.4, -0.2) is 58.8 Å². The van der Waals surface area contributed by atoms with Crippen LogP contribution < -0.4 is 10.4 Å². The topological polar surface area (TPSA) is 79.8 Å². The Labute approximate surface area is 228 Å². The summed E-state index contributed by atoms with van der Waals surface area (Å²) < 4.78 is 12.8. The van der Waals surface area contributed by atoms with Gasteiger partial charge in [-0.15, -0.1) is 0 Å². The van der Waals surface area contributed by atoms with Crippen molar-refractivity contribution in [2.24, 2.45) is 0 Å². The number of nitrogens with zero attached hydrogens (tertiary/aromatic N) is 3. The molecule has 0 spiro atoms. The molecule has 1 fully saturated rings. The molecule has 0 atom stereocenters. The predicted octanol–water partition coefficient (Wildman–Crippen LogP) is 5.20. The summed E-state index contributed by atoms with van der Waals surface area (Å²) in [6, 6.07) is 26.4. The minimum Gasteiger partial charge on any atom is -0.497 e. The molecule has 1 N–H and O–H groups in total. The SMILES string of the molecule is COc1ccc(CN(CCCOC(=O)N2CCC(n3c(=O)[nH]c4ccccc43)CC2)Cc2ccccc2)cc1. The van der Waals surface area contributed by atoms with E-state index >= 15 is 0 Å². The zero-order valence-electron chi connectivity index (χ0n) is 22.4. The summed E-state index contributed by atoms with van der Waals surface area (Å²) >= 11 is 0. The van der Waals surface area contributed by atoms with Gasteiger partial charge in [0.1, 0.15) is 5.75 Å². The van der Waals surface area contributed by atoms with E-state index in [9.17, 15) is 9.59 Å². The Morgan fingerprint density at radius 2 is 1.59 bits per heavy atom. The van der Waals surface area contributed by atoms with Crippen LogP contribution in [0.5, 0.6) is 5.75 Å². The number of likely N-dealkylation sites (tertiary alicyclic amines) is 1. The van der Waals surface area contributed by atoms with Gasteiger partial charge in [0.05, 0.1) is 24.8 Å². The number of H-pyrrole nitrogens is 1. The first kappa shape index (κ1) is 26.6. The van der Waals surface area contributed by atoms with E-state index < -0.39 is 0 Å². The summed E-state index contributed by atoms with van der Waals surface area (Å²) in [6.07, 6.45) is 1.92. The molecule has 0 bridgehead atoms. The van der Waals surface area contributed by atoms with Crippen molar-refractivity contribution >= 4 is 17.1 Å². The average molecular weight is 529 g/mol. The Morgan fingerprint density at radius 1 is 0.923 bits per heavy atom. The summed E-state index contributed by atoms with van der Waals surface area (Å²) in [5, 5.41) is 0. The lowest BCUT2D eigenvalue weighted by molar-refractivity contribution is 0.0841. The van der Waals surface area contributed by atoms with Crippen LogP contribution in [-0.2, 0) is 17.8 Å². The number of rotatable bonds is 10. The first-order chi connectivity index (χ1) is 19.1. The van der Waals surface area contributed by atoms with E-state index in [2.05, 4.69) is 46.3 Å². The van der Waals surface area contributed by atoms with Crippen molar-refractivity contribution in [1.29, 1.82) is 0 Å². The number of piperidine rings is 1. The van der Waals surface area contributed by atoms with Gasteiger partial charge in [-0.05, 0) is 54.7 Å². The molecule has 4 aromatic rings. The zero-order valence-corrected chi connectivity index (χ0v) is 22.4. The number of hydrogen-bond acceptors (Lipinski definition) is 5. The maximum Gasteiger partial charge on any atom is 0.409 e. The number of benzene rings is 3. The minimum absolute atomic E-state index is 0.0715. The van der Waals surface area contributed by atoms with Gasteiger partial charge in [0.2, 0.25) is 0 Å². The molecule has 0 saturated carbocycles. The number of carbonyl (C=O) groups is 1. The second kappa shape index (κ2) is 12.7. The van der Waals surface area contributed by atoms with Crippen LogP contribution in [0.3, 0.4) is 0 Å². The molecule has 2 heterocycles. The Morgan fingerprint density at radius 3 is 2.31 bits per heavy atom. The van der Waals surface area contributed by atoms with Crippen molar-refractivity contribution in [2.75, 3.05) is 33.4 Å². The molecule has 8 heteroatoms. The largest absolute Gasteiger partial charge is 0.497 e. The van der Waals surface area contributed by atoms with E-state index in [0.717, 1.165) is 55.7 Å². The third-order valence-corrected chi connectivity index (χ3v) is 7.37. The van der Waals surface area contributed by atoms with Crippen molar-refractivity contribution in [3.05, 3.63) is 100 Å². The standard InChI is InChI=1S/C31H36N4O4/c1-38-27-14-12-25(13-15-27)23-33(22-24-8-3-2-4-9-24)18-7-21-39-31(37)34-19-16-26(17-20-34)35-29-11-6-5-10-28(29)32-30(35)36/h2-6,8-15,26H,7,16-23H2,1H3,(H,32,36). The van der Waals surface area contributed by atoms with Gasteiger partial charge >= 0.3 is 11.8 Å². The van der Waals surface area contributed by atoms with Gasteiger partial charge in [-0.25, -0.2) is 9.59 Å². The van der Waals surface area contributed by atoms with Crippen LogP contribution in [0.4, 0.5) is 4.79 Å². The lowest BCUT2D eigenvalue weighted by atomic mass is 10.0. The molecule has 39 heavy (non-hydrogen) atoms. The number of para-hydroxylation sites is 2. The van der Waals surface area contributed by atoms with Crippen molar-refractivity contribution < 1.29 is 14.3 Å². The van der Waals surface area contributed by atoms with E-state index in [0.29, 0.717) is 19.7 Å². The fourth-order valence-corrected chi connectivity index (χ4v) is 5.33. The van der Waals surface area contributed by atoms with Gasteiger partial charge in [-0.2, -0.15) is 0 Å². The van der Waals surface area contributed by atoms with Crippen LogP contribution in [0.2, 0.25) is 0 Å². The molecule has 1 aliphatic heterocycles. The van der Waals surface area contributed by atoms with Gasteiger partial charge in [-0.3, -0.25) is 9.47 Å². The van der Waals surface area contributed by atoms with E-state index in [1.54, 1.807) is 12.0 Å². The van der Waals surface area contributed by atoms with Crippen LogP contribution in [0.1, 0.15) is 36.4 Å². The Kier molecular flexibility index (Phi) is 8.63. The van der Waals surface area contributed by atoms with Gasteiger partial charge in [0.25, 0.3) is 0 Å². The first-order valence-electron chi connectivity index (χ1n) is 13.6. The molecule has 1 aliphatic rings. The highest BCUT2D eigenvalue weighted by Crippen LogP contribution is 2.25. The smallest absolute Gasteiger partial charge is 0.409 e. The van der Waals surface area contributed by atoms with E-state index in [1.165, 1.54) is 11.1 Å². The minimum atomic E-state index is -0.274. The quantitative estimate of drug-likeness (QED) is 0.286. The van der Waals surface area contributed by atoms with Gasteiger partial charge < -0.3 is 19.4 Å². The molecule has 1 saturated heterocycles. The normalized spacial score (nSPS) is 14.2. The van der Waals surface area contributed by atoms with Crippen LogP contribution in [0.25, 0.3) is 11.0 Å². The fourth-order valence-electron chi connectivity index (χ4n) is 5.33. The van der Waals surface area contributed by atoms with Crippen LogP contribution in [0, 0.1) is 0 Å². The molecule has 0 radical (unpaired) electrons. The van der Waals surface area contributed by atoms with Crippen molar-refractivity contribution in [3.8, 4) is 5.75 Å². The van der Waals surface area contributed by atoms with E-state index in [4.69, 9.17) is 9.47 Å². The van der Waals surface area contributed by atoms with Crippen molar-refractivity contribution in [1.82, 2.24) is 19.4 Å². The van der Waals surface area contributed by atoms with Crippen LogP contribution >= 0.6 is 0 Å². The molecule has 204 valence electrons. The zero-order chi connectivity index (χ0) is 27.0. The van der Waals surface area contributed by atoms with Crippen molar-refractivity contribution in [2.45, 2.75) is 38.4 Å². The second-order valence-electron chi connectivity index (χ2n) is 10.0. The highest BCUT2D eigenvalue weighted by Gasteiger charge is 2.26. The molecule has 3 aromatic carbocycles. The highest BCUT2D eigenvalue weighted by molar-refractivity contribution is 5.75. The maximum absolute atomic E-state index is 12.8. The number of aromatic nitrogens is 2. The maximum atomic E-state index is 12.8. The molecule has 1 aromatic heterocycles. The highest BCUT2D eigenvalue weighted by atomic mass is 16.6. The summed E-state index contributed by atoms with van der Waals surface area (Å²) in [6.45, 7) is 3.95. The molecule has 0 unspecified atom stereocenters. The van der Waals surface area contributed by atoms with Gasteiger partial charge in [-0.1, -0.05) is 54.6 Å². The third kappa shape index (κ3) is 6.70. The number of nitrogens with one attached hydrogen (secondary N) is 1. The first-order valence-corrected chi connectivity index (χ1v) is 13.6. The molecular weight excluding hydrogens is 492 g/mol. The number of imidazole rings is 1. The van der Waals surface area contributed by atoms with Gasteiger partial charge in [0.15, 0.2) is 0 Å². The second-order valence-corrected chi connectivity index (χ2v) is 10.0. The predicted molar refractivity (Wildman–Crippen MR) is 152 cm³/mol. The van der Waals surface area contributed by atoms with Crippen LogP contribution in [0.15, 0.2) is 83.7 Å². The number of amides is 1. The summed E-state index contributed by atoms with van der Waals surface area (Å²) in [5.41, 5.74) is 4.13. The summed E-state index contributed by atoms with van der Waals surface area (Å²) in [4.78, 5) is 32.4. The third-order valence-electron chi connectivity index (χ3n) is 7.37. The number of methoxy groups -OCH3 is 1. The number of aromatic amines is 1. The molecule has 0 aliphatic carbocycles. The Hall–Kier alpha value is -4.04. The fraction of sp³-hybridized carbons (Fsp3) is 0.355. The summed E-state index contributed by atoms with van der Waals surface area (Å²) in [5.74, 6) is 0.845. The summed E-state index contributed by atoms with van der Waals surface area (Å²) in [7, 11) is 1.67. The number of carbonyl (C=O) groups excluding carboxylic acids is 1. The van der Waals surface area contributed by atoms with Gasteiger partial charge in [0, 0.05) is 38.8 Å². The lowest BCUT2D eigenvalue weighted by Gasteiger charge is -2.32. The Balaban J connectivity index is 1.10. The molecule has 8 nitrogen and oxygen atoms in total. The molecular formula is C31H36N4O4. The lowest BCUT2D eigenvalue weighted by Crippen LogP contribution is -2.41. The average Bonchev–Trinajstić information content (AvgIpc) is 3.31. The monoisotopic (exact) mass is 528 g/mol. The molecule has 1 amide bonds. The van der Waals surface area contributed by atoms with E-state index in [-0.39, 0.29) is 17.8 Å².